The largest absolute Gasteiger partial charge is 0.470 e. The number of aromatic nitrogens is 1. The molecule has 2 heterocycles. The number of likely N-dealkylation sites (tertiary alicyclic amines) is 1. The van der Waals surface area contributed by atoms with Crippen molar-refractivity contribution in [3.8, 4) is 5.88 Å². The van der Waals surface area contributed by atoms with Crippen molar-refractivity contribution in [2.75, 3.05) is 20.2 Å². The van der Waals surface area contributed by atoms with E-state index in [9.17, 15) is 4.79 Å². The van der Waals surface area contributed by atoms with E-state index in [2.05, 4.69) is 45.4 Å². The number of halogens is 1. The molecule has 1 aliphatic heterocycles. The minimum atomic E-state index is -0.284. The lowest BCUT2D eigenvalue weighted by Crippen LogP contribution is -2.37. The zero-order valence-corrected chi connectivity index (χ0v) is 21.2. The molecule has 0 N–H and O–H groups in total. The standard InChI is InChI=1S/C28H27BrN2O4/c1-33-28(32)31-15-13-21(14-16-31)26-24(27(30-35-26)34-18-19-7-3-2-4-8-19)17-22-12-11-20-9-5-6-10-23(20)25(22)29/h2-12,21H,13-18H2,1H3. The van der Waals surface area contributed by atoms with E-state index in [-0.39, 0.29) is 12.0 Å². The fourth-order valence-electron chi connectivity index (χ4n) is 4.69. The molecule has 1 fully saturated rings. The van der Waals surface area contributed by atoms with Crippen LogP contribution in [0.5, 0.6) is 5.88 Å². The topological polar surface area (TPSA) is 64.8 Å². The first-order valence-corrected chi connectivity index (χ1v) is 12.6. The summed E-state index contributed by atoms with van der Waals surface area (Å²) < 4.78 is 18.0. The Labute approximate surface area is 212 Å². The third kappa shape index (κ3) is 5.05. The summed E-state index contributed by atoms with van der Waals surface area (Å²) in [5.74, 6) is 1.53. The Hall–Kier alpha value is -3.32. The predicted octanol–water partition coefficient (Wildman–Crippen LogP) is 6.71. The van der Waals surface area contributed by atoms with Gasteiger partial charge in [0.1, 0.15) is 12.4 Å². The number of hydrogen-bond acceptors (Lipinski definition) is 5. The van der Waals surface area contributed by atoms with E-state index in [4.69, 9.17) is 14.0 Å². The highest BCUT2D eigenvalue weighted by atomic mass is 79.9. The number of rotatable bonds is 6. The minimum Gasteiger partial charge on any atom is -0.470 e. The summed E-state index contributed by atoms with van der Waals surface area (Å²) in [6, 6.07) is 22.6. The van der Waals surface area contributed by atoms with Crippen LogP contribution in [-0.4, -0.2) is 36.3 Å². The molecule has 1 aliphatic rings. The molecule has 0 spiro atoms. The summed E-state index contributed by atoms with van der Waals surface area (Å²) in [4.78, 5) is 13.7. The van der Waals surface area contributed by atoms with Gasteiger partial charge in [0, 0.05) is 29.9 Å². The lowest BCUT2D eigenvalue weighted by atomic mass is 9.90. The van der Waals surface area contributed by atoms with Crippen LogP contribution in [0.2, 0.25) is 0 Å². The molecule has 0 aliphatic carbocycles. The molecule has 6 nitrogen and oxygen atoms in total. The van der Waals surface area contributed by atoms with Crippen molar-refractivity contribution < 1.29 is 18.8 Å². The lowest BCUT2D eigenvalue weighted by Gasteiger charge is -2.30. The van der Waals surface area contributed by atoms with Crippen molar-refractivity contribution in [3.63, 3.8) is 0 Å². The molecule has 180 valence electrons. The van der Waals surface area contributed by atoms with Crippen LogP contribution in [0.1, 0.15) is 41.2 Å². The molecular formula is C28H27BrN2O4. The number of benzene rings is 3. The number of carbonyl (C=O) groups is 1. The highest BCUT2D eigenvalue weighted by Crippen LogP contribution is 2.38. The van der Waals surface area contributed by atoms with Crippen molar-refractivity contribution in [3.05, 3.63) is 93.7 Å². The van der Waals surface area contributed by atoms with Gasteiger partial charge in [-0.1, -0.05) is 66.7 Å². The number of carbonyl (C=O) groups excluding carboxylic acids is 1. The van der Waals surface area contributed by atoms with Crippen LogP contribution in [0, 0.1) is 0 Å². The van der Waals surface area contributed by atoms with E-state index < -0.39 is 0 Å². The molecule has 3 aromatic carbocycles. The molecule has 0 atom stereocenters. The van der Waals surface area contributed by atoms with Crippen molar-refractivity contribution in [2.45, 2.75) is 31.8 Å². The average Bonchev–Trinajstić information content (AvgIpc) is 3.31. The van der Waals surface area contributed by atoms with Gasteiger partial charge in [0.15, 0.2) is 0 Å². The van der Waals surface area contributed by atoms with Crippen LogP contribution in [0.15, 0.2) is 75.7 Å². The van der Waals surface area contributed by atoms with Gasteiger partial charge in [-0.2, -0.15) is 0 Å². The third-order valence-electron chi connectivity index (χ3n) is 6.61. The van der Waals surface area contributed by atoms with Gasteiger partial charge < -0.3 is 18.9 Å². The summed E-state index contributed by atoms with van der Waals surface area (Å²) in [6.45, 7) is 1.66. The molecule has 0 saturated carbocycles. The van der Waals surface area contributed by atoms with E-state index in [1.54, 1.807) is 4.90 Å². The van der Waals surface area contributed by atoms with Crippen LogP contribution in [0.4, 0.5) is 4.79 Å². The number of hydrogen-bond donors (Lipinski definition) is 0. The number of methoxy groups -OCH3 is 1. The maximum Gasteiger partial charge on any atom is 0.409 e. The van der Waals surface area contributed by atoms with Gasteiger partial charge in [-0.05, 0) is 55.8 Å². The van der Waals surface area contributed by atoms with Crippen LogP contribution in [-0.2, 0) is 17.8 Å². The Morgan fingerprint density at radius 3 is 2.57 bits per heavy atom. The number of ether oxygens (including phenoxy) is 2. The number of fused-ring (bicyclic) bond motifs is 1. The van der Waals surface area contributed by atoms with Crippen LogP contribution in [0.25, 0.3) is 10.8 Å². The summed E-state index contributed by atoms with van der Waals surface area (Å²) >= 11 is 3.83. The van der Waals surface area contributed by atoms with Gasteiger partial charge in [0.05, 0.1) is 12.7 Å². The molecular weight excluding hydrogens is 508 g/mol. The van der Waals surface area contributed by atoms with Gasteiger partial charge in [-0.25, -0.2) is 4.79 Å². The zero-order valence-electron chi connectivity index (χ0n) is 19.6. The first-order valence-electron chi connectivity index (χ1n) is 11.8. The summed E-state index contributed by atoms with van der Waals surface area (Å²) in [5.41, 5.74) is 3.18. The Bertz CT molecular complexity index is 1310. The first-order chi connectivity index (χ1) is 17.1. The summed E-state index contributed by atoms with van der Waals surface area (Å²) in [6.07, 6.45) is 1.92. The van der Waals surface area contributed by atoms with Gasteiger partial charge in [-0.3, -0.25) is 0 Å². The Morgan fingerprint density at radius 2 is 1.80 bits per heavy atom. The van der Waals surface area contributed by atoms with E-state index >= 15 is 0 Å². The smallest absolute Gasteiger partial charge is 0.409 e. The van der Waals surface area contributed by atoms with Gasteiger partial charge in [-0.15, -0.1) is 0 Å². The fourth-order valence-corrected chi connectivity index (χ4v) is 5.32. The second kappa shape index (κ2) is 10.5. The zero-order chi connectivity index (χ0) is 24.2. The van der Waals surface area contributed by atoms with E-state index in [0.29, 0.717) is 32.0 Å². The van der Waals surface area contributed by atoms with Gasteiger partial charge in [0.25, 0.3) is 5.88 Å². The fraction of sp³-hybridized carbons (Fsp3) is 0.286. The molecule has 1 aromatic heterocycles. The Morgan fingerprint density at radius 1 is 1.06 bits per heavy atom. The second-order valence-electron chi connectivity index (χ2n) is 8.77. The molecule has 1 amide bonds. The predicted molar refractivity (Wildman–Crippen MR) is 138 cm³/mol. The molecule has 0 bridgehead atoms. The number of nitrogens with zero attached hydrogens (tertiary/aromatic N) is 2. The van der Waals surface area contributed by atoms with Crippen LogP contribution in [0.3, 0.4) is 0 Å². The van der Waals surface area contributed by atoms with Crippen molar-refractivity contribution in [1.29, 1.82) is 0 Å². The monoisotopic (exact) mass is 534 g/mol. The quantitative estimate of drug-likeness (QED) is 0.275. The van der Waals surface area contributed by atoms with E-state index in [1.165, 1.54) is 17.9 Å². The molecule has 5 rings (SSSR count). The summed E-state index contributed by atoms with van der Waals surface area (Å²) in [7, 11) is 1.42. The Kier molecular flexibility index (Phi) is 7.04. The van der Waals surface area contributed by atoms with Gasteiger partial charge >= 0.3 is 6.09 Å². The normalized spacial score (nSPS) is 14.3. The molecule has 35 heavy (non-hydrogen) atoms. The molecule has 7 heteroatoms. The number of piperidine rings is 1. The highest BCUT2D eigenvalue weighted by Gasteiger charge is 2.31. The summed E-state index contributed by atoms with van der Waals surface area (Å²) in [5, 5.41) is 6.70. The van der Waals surface area contributed by atoms with E-state index in [1.807, 2.05) is 42.5 Å². The van der Waals surface area contributed by atoms with Crippen molar-refractivity contribution >= 4 is 32.8 Å². The highest BCUT2D eigenvalue weighted by molar-refractivity contribution is 9.10. The van der Waals surface area contributed by atoms with Crippen LogP contribution < -0.4 is 4.74 Å². The SMILES string of the molecule is COC(=O)N1CCC(c2onc(OCc3ccccc3)c2Cc2ccc3ccccc3c2Br)CC1. The molecule has 1 saturated heterocycles. The van der Waals surface area contributed by atoms with Crippen molar-refractivity contribution in [2.24, 2.45) is 0 Å². The third-order valence-corrected chi connectivity index (χ3v) is 7.55. The molecule has 4 aromatic rings. The molecule has 0 unspecified atom stereocenters. The van der Waals surface area contributed by atoms with Gasteiger partial charge in [0.2, 0.25) is 0 Å². The minimum absolute atomic E-state index is 0.159. The average molecular weight is 535 g/mol. The van der Waals surface area contributed by atoms with Crippen molar-refractivity contribution in [1.82, 2.24) is 10.1 Å². The Balaban J connectivity index is 1.44. The lowest BCUT2D eigenvalue weighted by molar-refractivity contribution is 0.110. The maximum absolute atomic E-state index is 11.9. The van der Waals surface area contributed by atoms with Crippen LogP contribution >= 0.6 is 15.9 Å². The first kappa shape index (κ1) is 23.4. The molecule has 0 radical (unpaired) electrons. The maximum atomic E-state index is 11.9. The number of amides is 1. The second-order valence-corrected chi connectivity index (χ2v) is 9.57. The van der Waals surface area contributed by atoms with E-state index in [0.717, 1.165) is 39.8 Å².